The van der Waals surface area contributed by atoms with Crippen molar-refractivity contribution in [2.45, 2.75) is 56.3 Å². The van der Waals surface area contributed by atoms with Crippen molar-refractivity contribution in [3.63, 3.8) is 0 Å². The maximum absolute atomic E-state index is 13.9. The molecule has 2 aliphatic heterocycles. The summed E-state index contributed by atoms with van der Waals surface area (Å²) in [5.74, 6) is -3.47. The highest BCUT2D eigenvalue weighted by molar-refractivity contribution is 5.97. The average molecular weight is 693 g/mol. The van der Waals surface area contributed by atoms with Crippen molar-refractivity contribution in [1.29, 1.82) is 0 Å². The number of nitrogens with zero attached hydrogens (tertiary/aromatic N) is 2. The second-order valence-electron chi connectivity index (χ2n) is 12.7. The number of aromatic nitrogens is 2. The standard InChI is InChI=1S/C37H40N8O6/c46-32-22-41-36(50)31-13-7-15-45(31)37(51)30(17-24-10-6-14-38-19-24)43-33(47)21-40-34(48)29(18-25-20-39-27-12-5-4-11-26(25)27)44-35(49)28(42-32)16-23-8-2-1-3-9-23/h1-6,8-12,14,19-20,28-31,39H,7,13,15-18,21-22H2,(H,40,48)(H,41,50)(H,42,46)(H,43,47)(H,44,49)/t28-,29-,30-,31-/m0/s1. The van der Waals surface area contributed by atoms with Crippen LogP contribution in [0.25, 0.3) is 10.9 Å². The van der Waals surface area contributed by atoms with Gasteiger partial charge in [0, 0.05) is 55.3 Å². The third-order valence-corrected chi connectivity index (χ3v) is 9.15. The molecule has 51 heavy (non-hydrogen) atoms. The van der Waals surface area contributed by atoms with Crippen LogP contribution in [0.15, 0.2) is 85.3 Å². The van der Waals surface area contributed by atoms with Crippen LogP contribution in [-0.4, -0.2) is 94.1 Å². The number of carbonyl (C=O) groups is 6. The number of pyridine rings is 1. The van der Waals surface area contributed by atoms with Gasteiger partial charge in [-0.2, -0.15) is 0 Å². The number of benzene rings is 2. The summed E-state index contributed by atoms with van der Waals surface area (Å²) >= 11 is 0. The van der Waals surface area contributed by atoms with Gasteiger partial charge < -0.3 is 36.5 Å². The van der Waals surface area contributed by atoms with Gasteiger partial charge in [-0.15, -0.1) is 0 Å². The summed E-state index contributed by atoms with van der Waals surface area (Å²) in [7, 11) is 0. The number of nitrogens with one attached hydrogen (secondary N) is 6. The molecule has 2 fully saturated rings. The van der Waals surface area contributed by atoms with Crippen LogP contribution in [0, 0.1) is 0 Å². The lowest BCUT2D eigenvalue weighted by molar-refractivity contribution is -0.141. The molecule has 14 heteroatoms. The van der Waals surface area contributed by atoms with Crippen molar-refractivity contribution in [2.75, 3.05) is 19.6 Å². The summed E-state index contributed by atoms with van der Waals surface area (Å²) in [5.41, 5.74) is 3.05. The van der Waals surface area contributed by atoms with E-state index in [9.17, 15) is 28.8 Å². The molecule has 6 amide bonds. The molecule has 0 aliphatic carbocycles. The van der Waals surface area contributed by atoms with E-state index in [-0.39, 0.29) is 25.8 Å². The quantitative estimate of drug-likeness (QED) is 0.167. The van der Waals surface area contributed by atoms with E-state index >= 15 is 0 Å². The van der Waals surface area contributed by atoms with Gasteiger partial charge in [-0.05, 0) is 41.7 Å². The molecular formula is C37H40N8O6. The van der Waals surface area contributed by atoms with E-state index in [4.69, 9.17) is 0 Å². The van der Waals surface area contributed by atoms with Crippen LogP contribution in [0.4, 0.5) is 0 Å². The normalized spacial score (nSPS) is 22.5. The van der Waals surface area contributed by atoms with Crippen LogP contribution in [0.2, 0.25) is 0 Å². The third kappa shape index (κ3) is 8.76. The molecule has 6 N–H and O–H groups in total. The Morgan fingerprint density at radius 2 is 1.33 bits per heavy atom. The Morgan fingerprint density at radius 1 is 0.667 bits per heavy atom. The Balaban J connectivity index is 1.29. The van der Waals surface area contributed by atoms with E-state index in [2.05, 4.69) is 36.6 Å². The zero-order chi connectivity index (χ0) is 35.7. The summed E-state index contributed by atoms with van der Waals surface area (Å²) in [6.45, 7) is -0.636. The SMILES string of the molecule is O=C1CNC(=O)[C@@H]2CCCN2C(=O)[C@H](Cc2cccnc2)NC(=O)CNC(=O)[C@H](Cc2c[nH]c3ccccc23)NC(=O)[C@H](Cc2ccccc2)N1. The lowest BCUT2D eigenvalue weighted by Crippen LogP contribution is -2.58. The van der Waals surface area contributed by atoms with Crippen LogP contribution < -0.4 is 26.6 Å². The first-order chi connectivity index (χ1) is 24.7. The van der Waals surface area contributed by atoms with Gasteiger partial charge in [0.05, 0.1) is 13.1 Å². The topological polar surface area (TPSA) is 194 Å². The molecule has 2 aromatic carbocycles. The lowest BCUT2D eigenvalue weighted by Gasteiger charge is -2.29. The van der Waals surface area contributed by atoms with Crippen molar-refractivity contribution in [3.05, 3.63) is 102 Å². The monoisotopic (exact) mass is 692 g/mol. The summed E-state index contributed by atoms with van der Waals surface area (Å²) in [6, 6.07) is 15.9. The van der Waals surface area contributed by atoms with Crippen LogP contribution in [0.1, 0.15) is 29.5 Å². The maximum atomic E-state index is 13.9. The molecule has 2 aliphatic rings. The minimum absolute atomic E-state index is 0.0731. The molecule has 4 heterocycles. The van der Waals surface area contributed by atoms with Crippen molar-refractivity contribution in [1.82, 2.24) is 41.5 Å². The predicted molar refractivity (Wildman–Crippen MR) is 187 cm³/mol. The van der Waals surface area contributed by atoms with Gasteiger partial charge in [0.25, 0.3) is 0 Å². The van der Waals surface area contributed by atoms with E-state index in [0.717, 1.165) is 22.0 Å². The number of hydrogen-bond acceptors (Lipinski definition) is 7. The van der Waals surface area contributed by atoms with Crippen molar-refractivity contribution < 1.29 is 28.8 Å². The molecule has 2 aromatic heterocycles. The fourth-order valence-electron chi connectivity index (χ4n) is 6.59. The number of hydrogen-bond donors (Lipinski definition) is 6. The van der Waals surface area contributed by atoms with Gasteiger partial charge in [-0.3, -0.25) is 33.8 Å². The minimum Gasteiger partial charge on any atom is -0.361 e. The van der Waals surface area contributed by atoms with Gasteiger partial charge in [0.15, 0.2) is 0 Å². The highest BCUT2D eigenvalue weighted by Gasteiger charge is 2.38. The molecule has 0 bridgehead atoms. The first-order valence-electron chi connectivity index (χ1n) is 17.0. The van der Waals surface area contributed by atoms with E-state index < -0.39 is 72.7 Å². The molecule has 4 atom stereocenters. The smallest absolute Gasteiger partial charge is 0.246 e. The zero-order valence-corrected chi connectivity index (χ0v) is 27.9. The number of rotatable bonds is 6. The van der Waals surface area contributed by atoms with Gasteiger partial charge >= 0.3 is 0 Å². The zero-order valence-electron chi connectivity index (χ0n) is 27.9. The summed E-state index contributed by atoms with van der Waals surface area (Å²) in [4.78, 5) is 90.3. The number of aromatic amines is 1. The number of carbonyl (C=O) groups excluding carboxylic acids is 6. The largest absolute Gasteiger partial charge is 0.361 e. The lowest BCUT2D eigenvalue weighted by atomic mass is 10.0. The second-order valence-corrected chi connectivity index (χ2v) is 12.7. The van der Waals surface area contributed by atoms with Gasteiger partial charge in [0.1, 0.15) is 24.2 Å². The first kappa shape index (κ1) is 34.8. The molecule has 264 valence electrons. The number of fused-ring (bicyclic) bond motifs is 2. The highest BCUT2D eigenvalue weighted by Crippen LogP contribution is 2.21. The number of amides is 6. The Bertz CT molecular complexity index is 1900. The molecule has 0 saturated carbocycles. The Hall–Kier alpha value is -6.05. The first-order valence-corrected chi connectivity index (χ1v) is 17.0. The Labute approximate surface area is 294 Å². The molecule has 4 aromatic rings. The molecule has 0 spiro atoms. The van der Waals surface area contributed by atoms with Crippen molar-refractivity contribution >= 4 is 46.3 Å². The van der Waals surface area contributed by atoms with E-state index in [1.165, 1.54) is 4.90 Å². The van der Waals surface area contributed by atoms with Crippen LogP contribution in [0.5, 0.6) is 0 Å². The molecule has 0 unspecified atom stereocenters. The molecule has 14 nitrogen and oxygen atoms in total. The number of H-pyrrole nitrogens is 1. The molecular weight excluding hydrogens is 652 g/mol. The van der Waals surface area contributed by atoms with Crippen LogP contribution in [0.3, 0.4) is 0 Å². The minimum atomic E-state index is -1.14. The fraction of sp³-hybridized carbons (Fsp3) is 0.324. The summed E-state index contributed by atoms with van der Waals surface area (Å²) in [5, 5.41) is 14.4. The van der Waals surface area contributed by atoms with E-state index in [1.807, 2.05) is 54.6 Å². The Kier molecular flexibility index (Phi) is 11.0. The molecule has 2 saturated heterocycles. The van der Waals surface area contributed by atoms with E-state index in [0.29, 0.717) is 18.4 Å². The highest BCUT2D eigenvalue weighted by atomic mass is 16.2. The van der Waals surface area contributed by atoms with Crippen LogP contribution >= 0.6 is 0 Å². The van der Waals surface area contributed by atoms with E-state index in [1.54, 1.807) is 30.7 Å². The second kappa shape index (κ2) is 16.1. The Morgan fingerprint density at radius 3 is 2.10 bits per heavy atom. The van der Waals surface area contributed by atoms with Gasteiger partial charge in [-0.25, -0.2) is 0 Å². The number of para-hydroxylation sites is 1. The fourth-order valence-corrected chi connectivity index (χ4v) is 6.59. The van der Waals surface area contributed by atoms with Gasteiger partial charge in [0.2, 0.25) is 35.4 Å². The van der Waals surface area contributed by atoms with Crippen LogP contribution in [-0.2, 0) is 48.0 Å². The molecule has 6 rings (SSSR count). The average Bonchev–Trinajstić information content (AvgIpc) is 3.80. The van der Waals surface area contributed by atoms with Crippen molar-refractivity contribution in [2.24, 2.45) is 0 Å². The predicted octanol–water partition coefficient (Wildman–Crippen LogP) is 0.282. The summed E-state index contributed by atoms with van der Waals surface area (Å²) < 4.78 is 0. The van der Waals surface area contributed by atoms with Crippen molar-refractivity contribution in [3.8, 4) is 0 Å². The van der Waals surface area contributed by atoms with Gasteiger partial charge in [-0.1, -0.05) is 54.6 Å². The third-order valence-electron chi connectivity index (χ3n) is 9.15. The molecule has 0 radical (unpaired) electrons. The maximum Gasteiger partial charge on any atom is 0.246 e. The summed E-state index contributed by atoms with van der Waals surface area (Å²) in [6.07, 6.45) is 6.15.